The molecule has 1 aliphatic carbocycles. The van der Waals surface area contributed by atoms with Gasteiger partial charge in [0, 0.05) is 54.2 Å². The first-order valence-electron chi connectivity index (χ1n) is 23.0. The molecule has 4 atom stereocenters. The Morgan fingerprint density at radius 1 is 0.794 bits per heavy atom. The Labute approximate surface area is 406 Å². The lowest BCUT2D eigenvalue weighted by molar-refractivity contribution is -0.119. The molecule has 3 aromatic heterocycles. The molecule has 3 heterocycles. The molecule has 0 saturated heterocycles. The van der Waals surface area contributed by atoms with Crippen molar-refractivity contribution in [2.45, 2.75) is 140 Å². The van der Waals surface area contributed by atoms with Gasteiger partial charge in [0.1, 0.15) is 5.82 Å². The van der Waals surface area contributed by atoms with Crippen molar-refractivity contribution in [3.05, 3.63) is 110 Å². The van der Waals surface area contributed by atoms with Crippen LogP contribution in [0.25, 0.3) is 11.1 Å². The number of amides is 2. The third-order valence-corrected chi connectivity index (χ3v) is 15.9. The van der Waals surface area contributed by atoms with Crippen LogP contribution in [0.3, 0.4) is 0 Å². The van der Waals surface area contributed by atoms with E-state index in [9.17, 15) is 26.4 Å². The number of nitrogens with zero attached hydrogens (tertiary/aromatic N) is 7. The van der Waals surface area contributed by atoms with Gasteiger partial charge in [0.25, 0.3) is 20.0 Å². The number of halogens is 2. The number of sulfonamides is 2. The minimum Gasteiger partial charge on any atom is -0.301 e. The zero-order valence-corrected chi connectivity index (χ0v) is 43.4. The third-order valence-electron chi connectivity index (χ3n) is 13.2. The smallest absolute Gasteiger partial charge is 0.283 e. The van der Waals surface area contributed by atoms with Gasteiger partial charge in [0.2, 0.25) is 11.8 Å². The second kappa shape index (κ2) is 20.9. The summed E-state index contributed by atoms with van der Waals surface area (Å²) in [4.78, 5) is 35.8. The zero-order valence-electron chi connectivity index (χ0n) is 41.1. The van der Waals surface area contributed by atoms with Crippen molar-refractivity contribution in [3.63, 3.8) is 0 Å². The summed E-state index contributed by atoms with van der Waals surface area (Å²) in [5, 5.41) is 8.64. The normalized spacial score (nSPS) is 15.6. The molecule has 5 aromatic rings. The summed E-state index contributed by atoms with van der Waals surface area (Å²) in [6.45, 7) is 15.9. The maximum absolute atomic E-state index is 16.7. The molecule has 0 saturated carbocycles. The maximum Gasteiger partial charge on any atom is 0.283 e. The molecule has 2 N–H and O–H groups in total. The van der Waals surface area contributed by atoms with E-state index in [4.69, 9.17) is 11.6 Å². The van der Waals surface area contributed by atoms with E-state index in [-0.39, 0.29) is 58.8 Å². The zero-order chi connectivity index (χ0) is 50.2. The van der Waals surface area contributed by atoms with Crippen molar-refractivity contribution in [2.75, 3.05) is 28.2 Å². The Kier molecular flexibility index (Phi) is 16.1. The fourth-order valence-corrected chi connectivity index (χ4v) is 11.4. The van der Waals surface area contributed by atoms with Crippen molar-refractivity contribution in [1.82, 2.24) is 43.8 Å². The van der Waals surface area contributed by atoms with E-state index in [1.165, 1.54) is 18.2 Å². The van der Waals surface area contributed by atoms with Crippen LogP contribution in [0.2, 0.25) is 5.02 Å². The Hall–Kier alpha value is -5.01. The lowest BCUT2D eigenvalue weighted by Gasteiger charge is -2.25. The quantitative estimate of drug-likeness (QED) is 0.0814. The fraction of sp³-hybridized carbons (Fsp3) is 0.490. The van der Waals surface area contributed by atoms with E-state index in [0.29, 0.717) is 75.6 Å². The van der Waals surface area contributed by atoms with E-state index < -0.39 is 37.7 Å². The molecule has 0 aliphatic heterocycles. The van der Waals surface area contributed by atoms with Crippen LogP contribution in [-0.2, 0) is 55.4 Å². The first kappa shape index (κ1) is 52.4. The maximum atomic E-state index is 16.7. The van der Waals surface area contributed by atoms with Gasteiger partial charge in [-0.25, -0.2) is 13.8 Å². The number of carbonyl (C=O) groups is 2. The third kappa shape index (κ3) is 11.2. The van der Waals surface area contributed by atoms with Crippen molar-refractivity contribution in [3.8, 4) is 11.1 Å². The number of nitrogens with one attached hydrogen (secondary N) is 2. The highest BCUT2D eigenvalue weighted by atomic mass is 35.5. The second-order valence-electron chi connectivity index (χ2n) is 19.0. The minimum absolute atomic E-state index is 0.0854. The van der Waals surface area contributed by atoms with Crippen LogP contribution in [0.4, 0.5) is 4.39 Å². The number of hydrogen-bond donors (Lipinski definition) is 2. The summed E-state index contributed by atoms with van der Waals surface area (Å²) in [6, 6.07) is 11.0. The summed E-state index contributed by atoms with van der Waals surface area (Å²) < 4.78 is 79.4. The number of aryl methyl sites for hydroxylation is 1. The number of carbonyl (C=O) groups excluding carboxylic acids is 2. The highest BCUT2D eigenvalue weighted by Crippen LogP contribution is 2.46. The van der Waals surface area contributed by atoms with E-state index in [2.05, 4.69) is 24.6 Å². The SMILES string of the molecule is CCn1nc(S(=O)(=O)NC(=O)Cc2c(C(C)C)cc(Cl)cc2C(C)CC2CCc3c(CC(=O)NS(=O)(=O)c4cc(C(C)N(C)C)n(C(C)C)n4)c(-c4ccncc4)cc(F)c32)cc1C(C)N(C)C. The Morgan fingerprint density at radius 3 is 1.90 bits per heavy atom. The highest BCUT2D eigenvalue weighted by molar-refractivity contribution is 7.90. The van der Waals surface area contributed by atoms with E-state index in [1.54, 1.807) is 46.0 Å². The first-order chi connectivity index (χ1) is 31.8. The molecule has 6 rings (SSSR count). The number of rotatable bonds is 19. The molecule has 0 spiro atoms. The average molecular weight is 995 g/mol. The van der Waals surface area contributed by atoms with Crippen molar-refractivity contribution in [1.29, 1.82) is 0 Å². The van der Waals surface area contributed by atoms with Gasteiger partial charge in [-0.1, -0.05) is 32.4 Å². The van der Waals surface area contributed by atoms with Crippen molar-refractivity contribution < 1.29 is 30.8 Å². The number of aromatic nitrogens is 5. The molecule has 2 aromatic carbocycles. The van der Waals surface area contributed by atoms with Gasteiger partial charge in [0.15, 0.2) is 10.1 Å². The van der Waals surface area contributed by atoms with Gasteiger partial charge in [-0.3, -0.25) is 23.9 Å². The minimum atomic E-state index is -4.40. The standard InChI is InChI=1S/C49H65ClFN9O6S2/c1-13-59-43(31(7)57(9)10)26-47(53-59)67(63,64)55-46(62)25-41-37(28(2)3)21-35(50)22-38(41)30(6)20-34-14-15-36-40(39(23-42(51)49(34)36)33-16-18-52-19-17-33)24-45(61)56-68(65,66)48-27-44(32(8)58(11)12)60(54-48)29(4)5/h16-19,21-23,26-32,34H,13-15,20,24-25H2,1-12H3,(H,55,62)(H,56,61). The number of pyridine rings is 1. The van der Waals surface area contributed by atoms with E-state index in [1.807, 2.05) is 93.4 Å². The molecule has 368 valence electrons. The number of benzene rings is 2. The Bertz CT molecular complexity index is 2900. The monoisotopic (exact) mass is 993 g/mol. The van der Waals surface area contributed by atoms with Gasteiger partial charge in [-0.05, 0) is 175 Å². The van der Waals surface area contributed by atoms with Gasteiger partial charge >= 0.3 is 0 Å². The topological polar surface area (TPSA) is 181 Å². The van der Waals surface area contributed by atoms with Crippen LogP contribution >= 0.6 is 11.6 Å². The van der Waals surface area contributed by atoms with Gasteiger partial charge < -0.3 is 9.80 Å². The van der Waals surface area contributed by atoms with Crippen LogP contribution in [0, 0.1) is 5.82 Å². The highest BCUT2D eigenvalue weighted by Gasteiger charge is 2.35. The molecule has 15 nitrogen and oxygen atoms in total. The van der Waals surface area contributed by atoms with Crippen LogP contribution in [0.1, 0.15) is 149 Å². The van der Waals surface area contributed by atoms with Gasteiger partial charge in [-0.15, -0.1) is 0 Å². The van der Waals surface area contributed by atoms with Crippen LogP contribution in [0.5, 0.6) is 0 Å². The van der Waals surface area contributed by atoms with Crippen LogP contribution in [-0.4, -0.2) is 91.2 Å². The predicted octanol–water partition coefficient (Wildman–Crippen LogP) is 8.22. The van der Waals surface area contributed by atoms with Gasteiger partial charge in [0.05, 0.1) is 24.2 Å². The second-order valence-corrected chi connectivity index (χ2v) is 22.7. The number of fused-ring (bicyclic) bond motifs is 1. The molecule has 0 fully saturated rings. The summed E-state index contributed by atoms with van der Waals surface area (Å²) in [5.41, 5.74) is 6.21. The van der Waals surface area contributed by atoms with Crippen molar-refractivity contribution in [2.24, 2.45) is 0 Å². The predicted molar refractivity (Wildman–Crippen MR) is 262 cm³/mol. The molecule has 68 heavy (non-hydrogen) atoms. The van der Waals surface area contributed by atoms with Gasteiger partial charge in [-0.2, -0.15) is 27.0 Å². The molecule has 19 heteroatoms. The van der Waals surface area contributed by atoms with E-state index in [0.717, 1.165) is 11.1 Å². The molecular formula is C49H65ClFN9O6S2. The average Bonchev–Trinajstić information content (AvgIpc) is 4.03. The Balaban J connectivity index is 1.30. The lowest BCUT2D eigenvalue weighted by atomic mass is 9.81. The molecular weight excluding hydrogens is 929 g/mol. The molecule has 0 bridgehead atoms. The lowest BCUT2D eigenvalue weighted by Crippen LogP contribution is -2.33. The molecule has 4 unspecified atom stereocenters. The Morgan fingerprint density at radius 2 is 1.34 bits per heavy atom. The van der Waals surface area contributed by atoms with Crippen LogP contribution in [0.15, 0.2) is 64.9 Å². The van der Waals surface area contributed by atoms with Crippen molar-refractivity contribution >= 4 is 43.5 Å². The molecule has 0 radical (unpaired) electrons. The van der Waals surface area contributed by atoms with Crippen LogP contribution < -0.4 is 9.44 Å². The largest absolute Gasteiger partial charge is 0.301 e. The number of hydrogen-bond acceptors (Lipinski definition) is 11. The first-order valence-corrected chi connectivity index (χ1v) is 26.4. The summed E-state index contributed by atoms with van der Waals surface area (Å²) in [6.07, 6.45) is 3.91. The molecule has 1 aliphatic rings. The summed E-state index contributed by atoms with van der Waals surface area (Å²) in [7, 11) is -1.21. The summed E-state index contributed by atoms with van der Waals surface area (Å²) in [5.74, 6) is -2.69. The fourth-order valence-electron chi connectivity index (χ4n) is 9.27. The molecule has 2 amide bonds. The summed E-state index contributed by atoms with van der Waals surface area (Å²) >= 11 is 6.75. The van der Waals surface area contributed by atoms with E-state index >= 15 is 4.39 Å².